The number of carbonyl (C=O) groups is 1. The van der Waals surface area contributed by atoms with Crippen molar-refractivity contribution in [2.24, 2.45) is 0 Å². The van der Waals surface area contributed by atoms with Crippen LogP contribution in [0, 0.1) is 0 Å². The van der Waals surface area contributed by atoms with E-state index in [1.807, 2.05) is 0 Å². The largest absolute Gasteiger partial charge is 0.293 e. The number of allylic oxidation sites excluding steroid dienone is 1. The van der Waals surface area contributed by atoms with Crippen molar-refractivity contribution in [2.45, 2.75) is 18.6 Å². The molecule has 0 aliphatic carbocycles. The number of carbonyl (C=O) groups excluding carboxylic acids is 1. The van der Waals surface area contributed by atoms with E-state index in [1.54, 1.807) is 19.9 Å². The van der Waals surface area contributed by atoms with Crippen LogP contribution >= 0.6 is 0 Å². The second kappa shape index (κ2) is 2.31. The molecule has 3 heteroatoms. The lowest BCUT2D eigenvalue weighted by molar-refractivity contribution is -0.116. The maximum absolute atomic E-state index is 11.2. The molecule has 0 radical (unpaired) electrons. The van der Waals surface area contributed by atoms with Crippen molar-refractivity contribution in [2.75, 3.05) is 5.75 Å². The van der Waals surface area contributed by atoms with Crippen LogP contribution in [0.2, 0.25) is 0 Å². The van der Waals surface area contributed by atoms with E-state index in [1.165, 1.54) is 6.08 Å². The summed E-state index contributed by atoms with van der Waals surface area (Å²) in [5, 5.41) is 0. The molecular formula is C7H10O2S. The van der Waals surface area contributed by atoms with Gasteiger partial charge in [0.2, 0.25) is 0 Å². The summed E-state index contributed by atoms with van der Waals surface area (Å²) in [4.78, 5) is 11.0. The topological polar surface area (TPSA) is 34.1 Å². The Labute approximate surface area is 62.8 Å². The summed E-state index contributed by atoms with van der Waals surface area (Å²) in [7, 11) is -1.02. The van der Waals surface area contributed by atoms with Crippen molar-refractivity contribution < 1.29 is 9.00 Å². The summed E-state index contributed by atoms with van der Waals surface area (Å²) in [6, 6.07) is 0. The molecule has 1 heterocycles. The summed E-state index contributed by atoms with van der Waals surface area (Å²) >= 11 is 0. The highest BCUT2D eigenvalue weighted by atomic mass is 32.2. The van der Waals surface area contributed by atoms with Crippen LogP contribution in [-0.2, 0) is 15.6 Å². The molecule has 0 saturated carbocycles. The minimum atomic E-state index is -1.02. The van der Waals surface area contributed by atoms with Crippen molar-refractivity contribution in [3.63, 3.8) is 0 Å². The smallest absolute Gasteiger partial charge is 0.173 e. The van der Waals surface area contributed by atoms with Crippen LogP contribution in [0.5, 0.6) is 0 Å². The lowest BCUT2D eigenvalue weighted by Gasteiger charge is -2.22. The SMILES string of the molecule is CC1(C)C(=O)C=CCS1=O. The van der Waals surface area contributed by atoms with Crippen LogP contribution in [0.25, 0.3) is 0 Å². The van der Waals surface area contributed by atoms with Gasteiger partial charge in [-0.1, -0.05) is 6.08 Å². The van der Waals surface area contributed by atoms with Gasteiger partial charge in [-0.05, 0) is 19.9 Å². The molecule has 1 aliphatic heterocycles. The molecule has 2 nitrogen and oxygen atoms in total. The van der Waals surface area contributed by atoms with Gasteiger partial charge in [-0.2, -0.15) is 0 Å². The summed E-state index contributed by atoms with van der Waals surface area (Å²) in [6.07, 6.45) is 3.19. The van der Waals surface area contributed by atoms with Crippen LogP contribution in [0.1, 0.15) is 13.8 Å². The van der Waals surface area contributed by atoms with Gasteiger partial charge < -0.3 is 0 Å². The zero-order valence-electron chi connectivity index (χ0n) is 6.09. The molecular weight excluding hydrogens is 148 g/mol. The van der Waals surface area contributed by atoms with Crippen LogP contribution in [-0.4, -0.2) is 20.5 Å². The Balaban J connectivity index is 3.00. The Morgan fingerprint density at radius 2 is 2.20 bits per heavy atom. The van der Waals surface area contributed by atoms with E-state index in [2.05, 4.69) is 0 Å². The maximum atomic E-state index is 11.2. The zero-order chi connectivity index (χ0) is 7.78. The molecule has 1 atom stereocenters. The Morgan fingerprint density at radius 1 is 1.60 bits per heavy atom. The first-order chi connectivity index (χ1) is 4.55. The van der Waals surface area contributed by atoms with Crippen LogP contribution < -0.4 is 0 Å². The predicted molar refractivity (Wildman–Crippen MR) is 41.2 cm³/mol. The Hall–Kier alpha value is -0.440. The van der Waals surface area contributed by atoms with Crippen molar-refractivity contribution in [1.82, 2.24) is 0 Å². The molecule has 0 spiro atoms. The second-order valence-corrected chi connectivity index (χ2v) is 4.83. The van der Waals surface area contributed by atoms with E-state index in [-0.39, 0.29) is 5.78 Å². The monoisotopic (exact) mass is 158 g/mol. The fourth-order valence-corrected chi connectivity index (χ4v) is 1.74. The Morgan fingerprint density at radius 3 is 2.60 bits per heavy atom. The van der Waals surface area contributed by atoms with Crippen LogP contribution in [0.3, 0.4) is 0 Å². The molecule has 1 rings (SSSR count). The molecule has 0 saturated heterocycles. The van der Waals surface area contributed by atoms with Crippen molar-refractivity contribution in [1.29, 1.82) is 0 Å². The van der Waals surface area contributed by atoms with Gasteiger partial charge in [-0.15, -0.1) is 0 Å². The third kappa shape index (κ3) is 1.06. The maximum Gasteiger partial charge on any atom is 0.173 e. The van der Waals surface area contributed by atoms with Gasteiger partial charge in [0.25, 0.3) is 0 Å². The summed E-state index contributed by atoms with van der Waals surface area (Å²) < 4.78 is 10.5. The molecule has 0 aromatic carbocycles. The predicted octanol–water partition coefficient (Wildman–Crippen LogP) is 0.653. The Kier molecular flexibility index (Phi) is 1.77. The number of ketones is 1. The van der Waals surface area contributed by atoms with Gasteiger partial charge in [0.05, 0.1) is 0 Å². The highest BCUT2D eigenvalue weighted by Crippen LogP contribution is 2.18. The minimum Gasteiger partial charge on any atom is -0.293 e. The lowest BCUT2D eigenvalue weighted by atomic mass is 10.1. The standard InChI is InChI=1S/C7H10O2S/c1-7(2)6(8)4-3-5-10(7)9/h3-4H,5H2,1-2H3. The van der Waals surface area contributed by atoms with Crippen LogP contribution in [0.4, 0.5) is 0 Å². The van der Waals surface area contributed by atoms with Crippen molar-refractivity contribution in [3.05, 3.63) is 12.2 Å². The van der Waals surface area contributed by atoms with E-state index in [4.69, 9.17) is 0 Å². The first-order valence-corrected chi connectivity index (χ1v) is 4.46. The molecule has 56 valence electrons. The highest BCUT2D eigenvalue weighted by Gasteiger charge is 2.33. The molecule has 0 N–H and O–H groups in total. The average Bonchev–Trinajstić information content (AvgIpc) is 1.84. The highest BCUT2D eigenvalue weighted by molar-refractivity contribution is 7.87. The van der Waals surface area contributed by atoms with Crippen molar-refractivity contribution >= 4 is 16.6 Å². The average molecular weight is 158 g/mol. The van der Waals surface area contributed by atoms with Crippen molar-refractivity contribution in [3.8, 4) is 0 Å². The van der Waals surface area contributed by atoms with Gasteiger partial charge in [0, 0.05) is 16.6 Å². The second-order valence-electron chi connectivity index (χ2n) is 2.79. The fourth-order valence-electron chi connectivity index (χ4n) is 0.764. The van der Waals surface area contributed by atoms with Gasteiger partial charge in [0.15, 0.2) is 5.78 Å². The molecule has 10 heavy (non-hydrogen) atoms. The molecule has 1 aliphatic rings. The van der Waals surface area contributed by atoms with Gasteiger partial charge in [0.1, 0.15) is 4.75 Å². The van der Waals surface area contributed by atoms with Gasteiger partial charge in [-0.3, -0.25) is 9.00 Å². The van der Waals surface area contributed by atoms with E-state index >= 15 is 0 Å². The molecule has 0 aromatic heterocycles. The molecule has 0 bridgehead atoms. The first kappa shape index (κ1) is 7.66. The third-order valence-electron chi connectivity index (χ3n) is 1.68. The van der Waals surface area contributed by atoms with E-state index in [9.17, 15) is 9.00 Å². The zero-order valence-corrected chi connectivity index (χ0v) is 6.90. The minimum absolute atomic E-state index is 0.0305. The van der Waals surface area contributed by atoms with E-state index in [0.717, 1.165) is 0 Å². The molecule has 0 fully saturated rings. The fraction of sp³-hybridized carbons (Fsp3) is 0.571. The molecule has 0 aromatic rings. The van der Waals surface area contributed by atoms with Gasteiger partial charge >= 0.3 is 0 Å². The molecule has 0 amide bonds. The lowest BCUT2D eigenvalue weighted by Crippen LogP contribution is -2.38. The molecule has 1 unspecified atom stereocenters. The summed E-state index contributed by atoms with van der Waals surface area (Å²) in [6.45, 7) is 3.43. The van der Waals surface area contributed by atoms with E-state index in [0.29, 0.717) is 5.75 Å². The quantitative estimate of drug-likeness (QED) is 0.519. The summed E-state index contributed by atoms with van der Waals surface area (Å²) in [5.41, 5.74) is 0. The first-order valence-electron chi connectivity index (χ1n) is 3.14. The number of hydrogen-bond acceptors (Lipinski definition) is 2. The number of hydrogen-bond donors (Lipinski definition) is 0. The summed E-state index contributed by atoms with van der Waals surface area (Å²) in [5.74, 6) is 0.482. The van der Waals surface area contributed by atoms with E-state index < -0.39 is 15.5 Å². The number of rotatable bonds is 0. The Bertz CT molecular complexity index is 216. The normalized spacial score (nSPS) is 30.6. The third-order valence-corrected chi connectivity index (χ3v) is 3.51. The van der Waals surface area contributed by atoms with Crippen LogP contribution in [0.15, 0.2) is 12.2 Å². The van der Waals surface area contributed by atoms with Gasteiger partial charge in [-0.25, -0.2) is 0 Å².